The number of nitrogens with one attached hydrogen (secondary N) is 1. The number of fused-ring (bicyclic) bond motifs is 5. The van der Waals surface area contributed by atoms with Crippen LogP contribution in [0.15, 0.2) is 48.2 Å². The van der Waals surface area contributed by atoms with E-state index in [4.69, 9.17) is 9.72 Å². The molecule has 0 amide bonds. The van der Waals surface area contributed by atoms with Gasteiger partial charge in [0.15, 0.2) is 0 Å². The van der Waals surface area contributed by atoms with Crippen molar-refractivity contribution in [2.75, 3.05) is 37.7 Å². The third-order valence-corrected chi connectivity index (χ3v) is 10.6. The first kappa shape index (κ1) is 30.0. The molecule has 2 aromatic carbocycles. The average molecular weight is 818 g/mol. The summed E-state index contributed by atoms with van der Waals surface area (Å²) in [5.41, 5.74) is 0.284. The summed E-state index contributed by atoms with van der Waals surface area (Å²) in [6.07, 6.45) is 3.89. The molecule has 3 atom stereocenters. The van der Waals surface area contributed by atoms with Gasteiger partial charge in [-0.05, 0) is 38.6 Å². The van der Waals surface area contributed by atoms with Crippen molar-refractivity contribution >= 4 is 53.3 Å². The second-order valence-corrected chi connectivity index (χ2v) is 13.9. The molecule has 4 aliphatic rings. The van der Waals surface area contributed by atoms with Gasteiger partial charge in [-0.25, -0.2) is 0 Å². The van der Waals surface area contributed by atoms with E-state index in [1.54, 1.807) is 24.4 Å². The van der Waals surface area contributed by atoms with E-state index in [0.717, 1.165) is 37.6 Å². The largest absolute Gasteiger partial charge is 0.00319 e. The number of benzene rings is 2. The van der Waals surface area contributed by atoms with E-state index in [1.807, 2.05) is 6.07 Å². The molecule has 0 radical (unpaired) electrons. The fourth-order valence-corrected chi connectivity index (χ4v) is 8.46. The first-order chi connectivity index (χ1) is 22.3. The number of pyridine rings is 1. The zero-order valence-electron chi connectivity index (χ0n) is 24.9. The third-order valence-electron chi connectivity index (χ3n) is 10.0. The minimum absolute atomic E-state index is 0.00346. The van der Waals surface area contributed by atoms with Crippen LogP contribution < -0.4 is 15.0 Å². The van der Waals surface area contributed by atoms with Crippen LogP contribution in [0.3, 0.4) is 0 Å². The van der Waals surface area contributed by atoms with Gasteiger partial charge in [0.2, 0.25) is 0 Å². The fraction of sp³-hybridized carbons (Fsp3) is 0.382. The summed E-state index contributed by atoms with van der Waals surface area (Å²) >= 11 is 0.342. The third kappa shape index (κ3) is 5.04. The summed E-state index contributed by atoms with van der Waals surface area (Å²) in [6, 6.07) is 8.96. The van der Waals surface area contributed by atoms with E-state index in [-0.39, 0.29) is 47.9 Å². The molecule has 7 nitrogen and oxygen atoms in total. The number of hydrogen-bond donors (Lipinski definition) is 1. The Hall–Kier alpha value is -3.35. The van der Waals surface area contributed by atoms with Gasteiger partial charge in [0, 0.05) is 24.2 Å². The summed E-state index contributed by atoms with van der Waals surface area (Å²) in [4.78, 5) is 18.2. The molecule has 0 aliphatic carbocycles. The molecule has 6 heterocycles. The molecule has 4 fully saturated rings. The molecular formula is C34H29F4N6OTl. The van der Waals surface area contributed by atoms with Gasteiger partial charge in [-0.1, -0.05) is 0 Å². The van der Waals surface area contributed by atoms with Crippen molar-refractivity contribution in [3.63, 3.8) is 0 Å². The van der Waals surface area contributed by atoms with Crippen LogP contribution in [0.5, 0.6) is 6.01 Å². The van der Waals surface area contributed by atoms with E-state index in [9.17, 15) is 8.78 Å². The van der Waals surface area contributed by atoms with Gasteiger partial charge in [-0.15, -0.1) is 0 Å². The van der Waals surface area contributed by atoms with Crippen LogP contribution in [0.4, 0.5) is 23.4 Å². The fourth-order valence-electron chi connectivity index (χ4n) is 7.90. The van der Waals surface area contributed by atoms with Gasteiger partial charge in [0.05, 0.1) is 5.54 Å². The maximum absolute atomic E-state index is 16.8. The Bertz CT molecular complexity index is 1980. The Labute approximate surface area is 279 Å². The van der Waals surface area contributed by atoms with Gasteiger partial charge < -0.3 is 5.32 Å². The van der Waals surface area contributed by atoms with Gasteiger partial charge in [-0.2, -0.15) is 8.78 Å². The number of halogens is 4. The molecule has 2 aromatic heterocycles. The van der Waals surface area contributed by atoms with Crippen molar-refractivity contribution in [3.8, 4) is 26.7 Å². The van der Waals surface area contributed by atoms with E-state index in [0.29, 0.717) is 73.1 Å². The molecule has 8 rings (SSSR count). The Balaban J connectivity index is 1.26. The Morgan fingerprint density at radius 2 is 1.93 bits per heavy atom. The van der Waals surface area contributed by atoms with Gasteiger partial charge in [0.1, 0.15) is 0 Å². The molecular weight excluding hydrogens is 789 g/mol. The number of ether oxygens (including phenoxy) is 1. The quantitative estimate of drug-likeness (QED) is 0.167. The maximum Gasteiger partial charge on any atom is -0.00319 e. The topological polar surface area (TPSA) is 66.4 Å². The van der Waals surface area contributed by atoms with Gasteiger partial charge in [0.25, 0.3) is 6.08 Å². The van der Waals surface area contributed by atoms with Crippen LogP contribution in [-0.2, 0) is 0 Å². The summed E-state index contributed by atoms with van der Waals surface area (Å²) in [5.74, 6) is 2.31. The van der Waals surface area contributed by atoms with E-state index < -0.39 is 23.3 Å². The van der Waals surface area contributed by atoms with Crippen molar-refractivity contribution in [1.82, 2.24) is 25.2 Å². The van der Waals surface area contributed by atoms with Crippen molar-refractivity contribution < 1.29 is 22.3 Å². The van der Waals surface area contributed by atoms with Crippen LogP contribution in [-0.4, -0.2) is 96.0 Å². The van der Waals surface area contributed by atoms with Crippen LogP contribution in [0.2, 0.25) is 0 Å². The van der Waals surface area contributed by atoms with E-state index in [2.05, 4.69) is 34.5 Å². The van der Waals surface area contributed by atoms with Gasteiger partial charge in [-0.3, -0.25) is 4.90 Å². The number of piperazine rings is 1. The van der Waals surface area contributed by atoms with Crippen LogP contribution in [0, 0.1) is 21.0 Å². The summed E-state index contributed by atoms with van der Waals surface area (Å²) in [5, 5.41) is 5.29. The molecule has 232 valence electrons. The molecule has 4 aromatic rings. The molecule has 4 saturated heterocycles. The standard InChI is InChI=1S/C34H29F4N6O.Tl/c1-2-23-26(35)10-7-19-5-3-6-24(27(19)23)29-28(36)30-25(14-39-29)32(43-16-21-8-9-22(17-43)40-21)42-33(41-30)45-18-34-11-4-12-44(34)15-20(13-34)31(37)38;/h3,5-7,10,14,21-22,40H,4,8-9,11-13,15-18H2;. The number of hydrogen-bond acceptors (Lipinski definition) is 7. The minimum Gasteiger partial charge on any atom is -0.00319 e. The first-order valence-corrected chi connectivity index (χ1v) is 17.8. The number of aromatic nitrogens is 3. The van der Waals surface area contributed by atoms with Crippen molar-refractivity contribution in [2.24, 2.45) is 0 Å². The molecule has 1 N–H and O–H groups in total. The van der Waals surface area contributed by atoms with Crippen LogP contribution >= 0.6 is 0 Å². The van der Waals surface area contributed by atoms with Crippen LogP contribution in [0.25, 0.3) is 32.9 Å². The molecule has 0 spiro atoms. The minimum atomic E-state index is -1.63. The number of rotatable bonds is 5. The normalized spacial score (nSPS) is 24.0. The van der Waals surface area contributed by atoms with Crippen LogP contribution in [0.1, 0.15) is 37.7 Å². The predicted molar refractivity (Wildman–Crippen MR) is 168 cm³/mol. The second kappa shape index (κ2) is 11.7. The Morgan fingerprint density at radius 1 is 1.11 bits per heavy atom. The van der Waals surface area contributed by atoms with Crippen molar-refractivity contribution in [2.45, 2.75) is 49.7 Å². The van der Waals surface area contributed by atoms with Crippen molar-refractivity contribution in [1.29, 1.82) is 0 Å². The molecule has 2 bridgehead atoms. The number of nitrogens with zero attached hydrogens (tertiary/aromatic N) is 5. The molecule has 46 heavy (non-hydrogen) atoms. The summed E-state index contributed by atoms with van der Waals surface area (Å²) in [6.45, 7) is 2.45. The van der Waals surface area contributed by atoms with E-state index in [1.165, 1.54) is 6.07 Å². The maximum atomic E-state index is 16.8. The average Bonchev–Trinajstić information content (AvgIpc) is 3.73. The van der Waals surface area contributed by atoms with Gasteiger partial charge >= 0.3 is 187 Å². The molecule has 12 heteroatoms. The smallest absolute Gasteiger partial charge is 0.00319 e. The predicted octanol–water partition coefficient (Wildman–Crippen LogP) is 5.31. The first-order valence-electron chi connectivity index (χ1n) is 15.5. The Morgan fingerprint density at radius 3 is 2.72 bits per heavy atom. The van der Waals surface area contributed by atoms with E-state index >= 15 is 8.78 Å². The number of anilines is 1. The monoisotopic (exact) mass is 818 g/mol. The molecule has 3 unspecified atom stereocenters. The van der Waals surface area contributed by atoms with Crippen molar-refractivity contribution in [3.05, 3.63) is 65.4 Å². The molecule has 4 aliphatic heterocycles. The summed E-state index contributed by atoms with van der Waals surface area (Å²) < 4.78 is 68.2. The molecule has 0 saturated carbocycles. The SMILES string of the molecule is FC(F)=C1CN2CCCC2(COc2nc(N3CC4CCC(C3)N4)c3cnc(-c4cccc5ccc(F)c(C#[C][Tl])c45)c(F)c3n2)C1. The second-order valence-electron chi connectivity index (χ2n) is 12.7. The zero-order valence-corrected chi connectivity index (χ0v) is 29.4. The Kier molecular flexibility index (Phi) is 7.64. The zero-order chi connectivity index (χ0) is 31.6. The summed E-state index contributed by atoms with van der Waals surface area (Å²) in [7, 11) is 0.